The third kappa shape index (κ3) is 3.71. The molecule has 1 unspecified atom stereocenters. The molecule has 0 aromatic heterocycles. The predicted molar refractivity (Wildman–Crippen MR) is 86.6 cm³/mol. The largest absolute Gasteiger partial charge is 0.478 e. The van der Waals surface area contributed by atoms with Crippen LogP contribution in [0.3, 0.4) is 0 Å². The molecule has 1 fully saturated rings. The lowest BCUT2D eigenvalue weighted by Gasteiger charge is -2.43. The van der Waals surface area contributed by atoms with E-state index in [9.17, 15) is 9.90 Å². The number of benzene rings is 1. The van der Waals surface area contributed by atoms with Crippen LogP contribution in [0, 0.1) is 0 Å². The summed E-state index contributed by atoms with van der Waals surface area (Å²) in [5.41, 5.74) is 0.930. The number of rotatable bonds is 4. The topological polar surface area (TPSA) is 49.8 Å². The van der Waals surface area contributed by atoms with Gasteiger partial charge in [-0.2, -0.15) is 0 Å². The van der Waals surface area contributed by atoms with Crippen LogP contribution in [0.5, 0.6) is 0 Å². The second kappa shape index (κ2) is 6.28. The van der Waals surface area contributed by atoms with Crippen LogP contribution in [0.1, 0.15) is 38.1 Å². The molecule has 4 nitrogen and oxygen atoms in total. The van der Waals surface area contributed by atoms with Crippen molar-refractivity contribution in [2.45, 2.75) is 44.3 Å². The van der Waals surface area contributed by atoms with Gasteiger partial charge in [0.15, 0.2) is 0 Å². The van der Waals surface area contributed by atoms with E-state index >= 15 is 0 Å². The number of nitrogens with zero attached hydrogens (tertiary/aromatic N) is 1. The fourth-order valence-corrected chi connectivity index (χ4v) is 3.73. The molecule has 1 heterocycles. The number of hydrogen-bond acceptors (Lipinski definition) is 4. The van der Waals surface area contributed by atoms with Crippen LogP contribution >= 0.6 is 11.8 Å². The fraction of sp³-hybridized carbons (Fsp3) is 0.562. The van der Waals surface area contributed by atoms with Gasteiger partial charge in [-0.3, -0.25) is 0 Å². The van der Waals surface area contributed by atoms with Crippen molar-refractivity contribution >= 4 is 23.4 Å². The Morgan fingerprint density at radius 1 is 1.52 bits per heavy atom. The van der Waals surface area contributed by atoms with Crippen molar-refractivity contribution in [3.8, 4) is 0 Å². The van der Waals surface area contributed by atoms with E-state index in [0.29, 0.717) is 18.7 Å². The Bertz CT molecular complexity index is 530. The minimum absolute atomic E-state index is 0.0814. The van der Waals surface area contributed by atoms with Crippen molar-refractivity contribution in [2.24, 2.45) is 0 Å². The summed E-state index contributed by atoms with van der Waals surface area (Å²) in [4.78, 5) is 14.7. The van der Waals surface area contributed by atoms with Crippen molar-refractivity contribution in [2.75, 3.05) is 23.7 Å². The first-order valence-corrected chi connectivity index (χ1v) is 8.24. The minimum Gasteiger partial charge on any atom is -0.478 e. The van der Waals surface area contributed by atoms with Gasteiger partial charge in [-0.1, -0.05) is 13.0 Å². The van der Waals surface area contributed by atoms with E-state index in [2.05, 4.69) is 4.90 Å². The molecular formula is C16H23NO3S. The Balaban J connectivity index is 2.43. The van der Waals surface area contributed by atoms with E-state index in [-0.39, 0.29) is 11.7 Å². The van der Waals surface area contributed by atoms with Crippen molar-refractivity contribution in [3.63, 3.8) is 0 Å². The molecule has 116 valence electrons. The van der Waals surface area contributed by atoms with E-state index in [1.54, 1.807) is 11.8 Å². The van der Waals surface area contributed by atoms with E-state index in [0.717, 1.165) is 16.3 Å². The molecule has 1 aliphatic heterocycles. The molecule has 1 N–H and O–H groups in total. The second-order valence-electron chi connectivity index (χ2n) is 5.96. The van der Waals surface area contributed by atoms with Crippen LogP contribution in [0.2, 0.25) is 0 Å². The highest BCUT2D eigenvalue weighted by molar-refractivity contribution is 7.99. The van der Waals surface area contributed by atoms with Gasteiger partial charge in [0.2, 0.25) is 0 Å². The van der Waals surface area contributed by atoms with E-state index in [1.807, 2.05) is 45.9 Å². The summed E-state index contributed by atoms with van der Waals surface area (Å²) in [6, 6.07) is 5.72. The lowest BCUT2D eigenvalue weighted by Crippen LogP contribution is -2.52. The first kappa shape index (κ1) is 16.2. The number of ether oxygens (including phenoxy) is 1. The van der Waals surface area contributed by atoms with Gasteiger partial charge < -0.3 is 14.7 Å². The van der Waals surface area contributed by atoms with Gasteiger partial charge in [0.05, 0.1) is 23.0 Å². The highest BCUT2D eigenvalue weighted by Crippen LogP contribution is 2.34. The van der Waals surface area contributed by atoms with E-state index in [4.69, 9.17) is 4.74 Å². The molecule has 0 radical (unpaired) electrons. The van der Waals surface area contributed by atoms with Gasteiger partial charge in [0, 0.05) is 18.0 Å². The van der Waals surface area contributed by atoms with Gasteiger partial charge in [-0.15, -0.1) is 11.8 Å². The summed E-state index contributed by atoms with van der Waals surface area (Å²) in [5.74, 6) is -0.00661. The number of morpholine rings is 1. The Hall–Kier alpha value is -1.20. The molecule has 0 aliphatic carbocycles. The van der Waals surface area contributed by atoms with E-state index in [1.165, 1.54) is 0 Å². The molecule has 1 atom stereocenters. The number of aromatic carboxylic acids is 1. The van der Waals surface area contributed by atoms with Crippen LogP contribution in [-0.4, -0.2) is 41.6 Å². The highest BCUT2D eigenvalue weighted by atomic mass is 32.2. The molecule has 1 aromatic rings. The molecule has 5 heteroatoms. The van der Waals surface area contributed by atoms with Gasteiger partial charge in [0.1, 0.15) is 0 Å². The molecule has 1 saturated heterocycles. The van der Waals surface area contributed by atoms with E-state index < -0.39 is 5.97 Å². The number of carboxylic acids is 1. The quantitative estimate of drug-likeness (QED) is 0.863. The summed E-state index contributed by atoms with van der Waals surface area (Å²) < 4.78 is 5.91. The maximum Gasteiger partial charge on any atom is 0.338 e. The molecular weight excluding hydrogens is 286 g/mol. The summed E-state index contributed by atoms with van der Waals surface area (Å²) in [6.07, 6.45) is 0.0814. The summed E-state index contributed by atoms with van der Waals surface area (Å²) in [7, 11) is 0. The van der Waals surface area contributed by atoms with Crippen LogP contribution in [0.4, 0.5) is 5.69 Å². The molecule has 0 spiro atoms. The monoisotopic (exact) mass is 309 g/mol. The Labute approximate surface area is 130 Å². The SMILES string of the molecule is CCSc1cccc(N2CC(C)OC(C)(C)C2)c1C(=O)O. The van der Waals surface area contributed by atoms with Crippen molar-refractivity contribution in [3.05, 3.63) is 23.8 Å². The number of hydrogen-bond donors (Lipinski definition) is 1. The smallest absolute Gasteiger partial charge is 0.338 e. The van der Waals surface area contributed by atoms with Crippen LogP contribution in [-0.2, 0) is 4.74 Å². The van der Waals surface area contributed by atoms with Crippen molar-refractivity contribution < 1.29 is 14.6 Å². The van der Waals surface area contributed by atoms with Gasteiger partial charge in [-0.05, 0) is 38.7 Å². The maximum atomic E-state index is 11.7. The first-order chi connectivity index (χ1) is 9.84. The Morgan fingerprint density at radius 3 is 2.81 bits per heavy atom. The normalized spacial score (nSPS) is 21.3. The van der Waals surface area contributed by atoms with Crippen LogP contribution in [0.15, 0.2) is 23.1 Å². The molecule has 0 saturated carbocycles. The third-order valence-corrected chi connectivity index (χ3v) is 4.37. The molecule has 2 rings (SSSR count). The van der Waals surface area contributed by atoms with Crippen LogP contribution in [0.25, 0.3) is 0 Å². The lowest BCUT2D eigenvalue weighted by atomic mass is 10.0. The van der Waals surface area contributed by atoms with Crippen LogP contribution < -0.4 is 4.90 Å². The average Bonchev–Trinajstić information content (AvgIpc) is 2.36. The van der Waals surface area contributed by atoms with Gasteiger partial charge in [0.25, 0.3) is 0 Å². The summed E-state index contributed by atoms with van der Waals surface area (Å²) in [6.45, 7) is 9.55. The Morgan fingerprint density at radius 2 is 2.24 bits per heavy atom. The molecule has 21 heavy (non-hydrogen) atoms. The number of carbonyl (C=O) groups is 1. The van der Waals surface area contributed by atoms with Gasteiger partial charge >= 0.3 is 5.97 Å². The lowest BCUT2D eigenvalue weighted by molar-refractivity contribution is -0.0750. The highest BCUT2D eigenvalue weighted by Gasteiger charge is 2.33. The standard InChI is InChI=1S/C16H23NO3S/c1-5-21-13-8-6-7-12(14(13)15(18)19)17-9-11(2)20-16(3,4)10-17/h6-8,11H,5,9-10H2,1-4H3,(H,18,19). The van der Waals surface area contributed by atoms with Gasteiger partial charge in [-0.25, -0.2) is 4.79 Å². The first-order valence-electron chi connectivity index (χ1n) is 7.26. The number of carboxylic acid groups (broad SMARTS) is 1. The van der Waals surface area contributed by atoms with Crippen molar-refractivity contribution in [1.82, 2.24) is 0 Å². The molecule has 0 bridgehead atoms. The summed E-state index contributed by atoms with van der Waals surface area (Å²) in [5, 5.41) is 9.63. The second-order valence-corrected chi connectivity index (χ2v) is 7.26. The number of thioether (sulfide) groups is 1. The summed E-state index contributed by atoms with van der Waals surface area (Å²) >= 11 is 1.57. The molecule has 0 amide bonds. The Kier molecular flexibility index (Phi) is 4.84. The zero-order chi connectivity index (χ0) is 15.6. The number of anilines is 1. The zero-order valence-corrected chi connectivity index (χ0v) is 13.9. The molecule has 1 aromatic carbocycles. The van der Waals surface area contributed by atoms with Crippen molar-refractivity contribution in [1.29, 1.82) is 0 Å². The maximum absolute atomic E-state index is 11.7. The fourth-order valence-electron chi connectivity index (χ4n) is 2.91. The minimum atomic E-state index is -0.862. The average molecular weight is 309 g/mol. The predicted octanol–water partition coefficient (Wildman–Crippen LogP) is 3.50. The third-order valence-electron chi connectivity index (χ3n) is 3.43. The molecule has 1 aliphatic rings. The zero-order valence-electron chi connectivity index (χ0n) is 13.0.